The molecule has 1 atom stereocenters. The van der Waals surface area contributed by atoms with Gasteiger partial charge in [0.15, 0.2) is 0 Å². The Bertz CT molecular complexity index is 1060. The van der Waals surface area contributed by atoms with E-state index in [-0.39, 0.29) is 11.7 Å². The number of benzene rings is 3. The Morgan fingerprint density at radius 1 is 1.03 bits per heavy atom. The lowest BCUT2D eigenvalue weighted by atomic mass is 10.1. The predicted molar refractivity (Wildman–Crippen MR) is 128 cm³/mol. The second-order valence-corrected chi connectivity index (χ2v) is 8.69. The third kappa shape index (κ3) is 5.67. The van der Waals surface area contributed by atoms with Crippen molar-refractivity contribution in [3.05, 3.63) is 100 Å². The Morgan fingerprint density at radius 3 is 2.50 bits per heavy atom. The summed E-state index contributed by atoms with van der Waals surface area (Å²) >= 11 is 5.89. The fourth-order valence-corrected chi connectivity index (χ4v) is 4.16. The summed E-state index contributed by atoms with van der Waals surface area (Å²) in [7, 11) is 0. The van der Waals surface area contributed by atoms with Crippen molar-refractivity contribution in [1.82, 2.24) is 10.2 Å². The molecule has 0 radical (unpaired) electrons. The van der Waals surface area contributed by atoms with E-state index in [0.717, 1.165) is 43.0 Å². The van der Waals surface area contributed by atoms with Gasteiger partial charge in [0.25, 0.3) is 5.91 Å². The largest absolute Gasteiger partial charge is 0.369 e. The second-order valence-electron chi connectivity index (χ2n) is 8.25. The number of anilines is 1. The third-order valence-electron chi connectivity index (χ3n) is 5.90. The van der Waals surface area contributed by atoms with Gasteiger partial charge in [-0.05, 0) is 66.6 Å². The van der Waals surface area contributed by atoms with Gasteiger partial charge in [-0.3, -0.25) is 9.69 Å². The van der Waals surface area contributed by atoms with Gasteiger partial charge in [-0.25, -0.2) is 4.39 Å². The molecule has 1 aliphatic heterocycles. The van der Waals surface area contributed by atoms with Crippen molar-refractivity contribution in [2.45, 2.75) is 26.1 Å². The van der Waals surface area contributed by atoms with Gasteiger partial charge in [0, 0.05) is 55.0 Å². The normalized spacial score (nSPS) is 16.7. The summed E-state index contributed by atoms with van der Waals surface area (Å²) in [6, 6.07) is 22.3. The van der Waals surface area contributed by atoms with Crippen LogP contribution in [-0.4, -0.2) is 36.5 Å². The van der Waals surface area contributed by atoms with E-state index in [9.17, 15) is 9.18 Å². The number of nitrogens with one attached hydrogen (secondary N) is 1. The Labute approximate surface area is 193 Å². The molecule has 1 fully saturated rings. The summed E-state index contributed by atoms with van der Waals surface area (Å²) in [6.45, 7) is 6.30. The van der Waals surface area contributed by atoms with Crippen molar-refractivity contribution in [3.63, 3.8) is 0 Å². The van der Waals surface area contributed by atoms with Gasteiger partial charge in [-0.1, -0.05) is 35.9 Å². The molecule has 4 rings (SSSR count). The molecule has 166 valence electrons. The van der Waals surface area contributed by atoms with Crippen LogP contribution in [0.25, 0.3) is 0 Å². The van der Waals surface area contributed by atoms with Crippen molar-refractivity contribution in [1.29, 1.82) is 0 Å². The maximum atomic E-state index is 13.2. The zero-order valence-corrected chi connectivity index (χ0v) is 18.9. The molecule has 1 saturated heterocycles. The quantitative estimate of drug-likeness (QED) is 0.565. The van der Waals surface area contributed by atoms with Crippen LogP contribution in [0.3, 0.4) is 0 Å². The second kappa shape index (κ2) is 10.2. The Balaban J connectivity index is 1.33. The van der Waals surface area contributed by atoms with E-state index in [1.807, 2.05) is 24.3 Å². The number of hydrogen-bond donors (Lipinski definition) is 1. The highest BCUT2D eigenvalue weighted by Crippen LogP contribution is 2.22. The molecule has 1 aliphatic rings. The van der Waals surface area contributed by atoms with Crippen LogP contribution in [0.1, 0.15) is 28.4 Å². The number of piperazine rings is 1. The standard InChI is InChI=1S/C26H27ClFN3O/c1-19-17-31(14-13-30(19)18-20-5-11-24(28)12-6-20)25-4-2-3-21(15-25)16-29-26(32)22-7-9-23(27)10-8-22/h2-12,15,19H,13-14,16-18H2,1H3,(H,29,32). The molecular weight excluding hydrogens is 425 g/mol. The van der Waals surface area contributed by atoms with Crippen LogP contribution in [0, 0.1) is 5.82 Å². The maximum Gasteiger partial charge on any atom is 0.251 e. The number of carbonyl (C=O) groups is 1. The molecule has 0 aliphatic carbocycles. The van der Waals surface area contributed by atoms with Gasteiger partial charge in [0.1, 0.15) is 5.82 Å². The monoisotopic (exact) mass is 451 g/mol. The smallest absolute Gasteiger partial charge is 0.251 e. The molecule has 0 spiro atoms. The van der Waals surface area contributed by atoms with Crippen molar-refractivity contribution >= 4 is 23.2 Å². The van der Waals surface area contributed by atoms with Gasteiger partial charge in [-0.2, -0.15) is 0 Å². The van der Waals surface area contributed by atoms with Crippen LogP contribution in [0.4, 0.5) is 10.1 Å². The summed E-state index contributed by atoms with van der Waals surface area (Å²) in [5.41, 5.74) is 3.95. The lowest BCUT2D eigenvalue weighted by Gasteiger charge is -2.41. The van der Waals surface area contributed by atoms with Crippen LogP contribution in [0.2, 0.25) is 5.02 Å². The molecule has 0 saturated carbocycles. The molecule has 4 nitrogen and oxygen atoms in total. The topological polar surface area (TPSA) is 35.6 Å². The molecule has 3 aromatic rings. The van der Waals surface area contributed by atoms with E-state index in [1.54, 1.807) is 24.3 Å². The first-order chi connectivity index (χ1) is 15.5. The number of rotatable bonds is 6. The average molecular weight is 452 g/mol. The van der Waals surface area contributed by atoms with Crippen molar-refractivity contribution < 1.29 is 9.18 Å². The molecule has 1 amide bonds. The fourth-order valence-electron chi connectivity index (χ4n) is 4.04. The number of carbonyl (C=O) groups excluding carboxylic acids is 1. The lowest BCUT2D eigenvalue weighted by molar-refractivity contribution is 0.0951. The van der Waals surface area contributed by atoms with E-state index in [1.165, 1.54) is 12.1 Å². The zero-order valence-electron chi connectivity index (χ0n) is 18.1. The van der Waals surface area contributed by atoms with Crippen molar-refractivity contribution in [2.75, 3.05) is 24.5 Å². The van der Waals surface area contributed by atoms with Crippen LogP contribution in [0.15, 0.2) is 72.8 Å². The SMILES string of the molecule is CC1CN(c2cccc(CNC(=O)c3ccc(Cl)cc3)c2)CCN1Cc1ccc(F)cc1. The van der Waals surface area contributed by atoms with Gasteiger partial charge < -0.3 is 10.2 Å². The number of amides is 1. The predicted octanol–water partition coefficient (Wildman–Crippen LogP) is 5.12. The zero-order chi connectivity index (χ0) is 22.5. The molecule has 1 N–H and O–H groups in total. The highest BCUT2D eigenvalue weighted by atomic mass is 35.5. The van der Waals surface area contributed by atoms with Gasteiger partial charge >= 0.3 is 0 Å². The molecule has 1 heterocycles. The van der Waals surface area contributed by atoms with E-state index in [4.69, 9.17) is 11.6 Å². The first-order valence-electron chi connectivity index (χ1n) is 10.8. The third-order valence-corrected chi connectivity index (χ3v) is 6.15. The summed E-state index contributed by atoms with van der Waals surface area (Å²) in [5, 5.41) is 3.59. The lowest BCUT2D eigenvalue weighted by Crippen LogP contribution is -2.51. The van der Waals surface area contributed by atoms with Gasteiger partial charge in [-0.15, -0.1) is 0 Å². The summed E-state index contributed by atoms with van der Waals surface area (Å²) in [6.07, 6.45) is 0. The summed E-state index contributed by atoms with van der Waals surface area (Å²) in [4.78, 5) is 17.2. The molecule has 1 unspecified atom stereocenters. The minimum Gasteiger partial charge on any atom is -0.369 e. The average Bonchev–Trinajstić information content (AvgIpc) is 2.81. The van der Waals surface area contributed by atoms with Crippen molar-refractivity contribution in [2.24, 2.45) is 0 Å². The minimum absolute atomic E-state index is 0.116. The van der Waals surface area contributed by atoms with E-state index in [0.29, 0.717) is 23.2 Å². The highest BCUT2D eigenvalue weighted by molar-refractivity contribution is 6.30. The summed E-state index contributed by atoms with van der Waals surface area (Å²) < 4.78 is 13.2. The summed E-state index contributed by atoms with van der Waals surface area (Å²) in [5.74, 6) is -0.314. The Kier molecular flexibility index (Phi) is 7.08. The van der Waals surface area contributed by atoms with E-state index < -0.39 is 0 Å². The van der Waals surface area contributed by atoms with E-state index in [2.05, 4.69) is 34.2 Å². The minimum atomic E-state index is -0.198. The van der Waals surface area contributed by atoms with Crippen molar-refractivity contribution in [3.8, 4) is 0 Å². The van der Waals surface area contributed by atoms with E-state index >= 15 is 0 Å². The molecule has 0 bridgehead atoms. The molecule has 3 aromatic carbocycles. The number of nitrogens with zero attached hydrogens (tertiary/aromatic N) is 2. The van der Waals surface area contributed by atoms with Crippen LogP contribution >= 0.6 is 11.6 Å². The number of halogens is 2. The molecular formula is C26H27ClFN3O. The number of hydrogen-bond acceptors (Lipinski definition) is 3. The Morgan fingerprint density at radius 2 is 1.78 bits per heavy atom. The molecule has 32 heavy (non-hydrogen) atoms. The van der Waals surface area contributed by atoms with Gasteiger partial charge in [0.2, 0.25) is 0 Å². The molecule has 6 heteroatoms. The Hall–Kier alpha value is -2.89. The fraction of sp³-hybridized carbons (Fsp3) is 0.269. The van der Waals surface area contributed by atoms with Gasteiger partial charge in [0.05, 0.1) is 0 Å². The maximum absolute atomic E-state index is 13.2. The van der Waals surface area contributed by atoms with Crippen LogP contribution in [0.5, 0.6) is 0 Å². The highest BCUT2D eigenvalue weighted by Gasteiger charge is 2.24. The molecule has 0 aromatic heterocycles. The first kappa shape index (κ1) is 22.3. The van der Waals surface area contributed by atoms with Crippen LogP contribution < -0.4 is 10.2 Å². The first-order valence-corrected chi connectivity index (χ1v) is 11.2. The van der Waals surface area contributed by atoms with Crippen LogP contribution in [-0.2, 0) is 13.1 Å².